The van der Waals surface area contributed by atoms with Crippen LogP contribution in [0, 0.1) is 21.5 Å². The average molecular weight is 1810 g/mol. The van der Waals surface area contributed by atoms with Gasteiger partial charge in [0.15, 0.2) is 5.54 Å². The van der Waals surface area contributed by atoms with E-state index < -0.39 is 72.3 Å². The van der Waals surface area contributed by atoms with Gasteiger partial charge in [-0.25, -0.2) is 0 Å². The van der Waals surface area contributed by atoms with E-state index in [-0.39, 0.29) is 41.3 Å². The van der Waals surface area contributed by atoms with Crippen molar-refractivity contribution in [3.8, 4) is 0 Å². The summed E-state index contributed by atoms with van der Waals surface area (Å²) in [5, 5.41) is 24.8. The number of carboxylic acid groups (broad SMARTS) is 1. The lowest BCUT2D eigenvalue weighted by atomic mass is 9.78. The third-order valence-corrected chi connectivity index (χ3v) is 23.3. The summed E-state index contributed by atoms with van der Waals surface area (Å²) in [6, 6.07) is 16.6. The Morgan fingerprint density at radius 1 is 0.470 bits per heavy atom. The minimum atomic E-state index is -1.45. The molecule has 1 heterocycles. The molecule has 30 heteroatoms. The van der Waals surface area contributed by atoms with Gasteiger partial charge < -0.3 is 83.8 Å². The molecule has 0 saturated heterocycles. The minimum Gasteiger partial charge on any atom is -1.00 e. The lowest BCUT2D eigenvalue weighted by molar-refractivity contribution is -0.461. The fourth-order valence-electron chi connectivity index (χ4n) is 12.7. The van der Waals surface area contributed by atoms with Crippen LogP contribution in [0.25, 0.3) is 0 Å². The number of aliphatic carboxylic acids is 1. The molecule has 0 atom stereocenters. The van der Waals surface area contributed by atoms with Crippen molar-refractivity contribution < 1.29 is 71.2 Å². The van der Waals surface area contributed by atoms with Crippen molar-refractivity contribution in [1.29, 1.82) is 0 Å². The summed E-state index contributed by atoms with van der Waals surface area (Å²) in [7, 11) is 0. The molecular formula is C70H101Cl4I3N12O11. The number of rotatable bonds is 8. The van der Waals surface area contributed by atoms with Crippen LogP contribution >= 0.6 is 103 Å². The van der Waals surface area contributed by atoms with E-state index in [4.69, 9.17) is 68.6 Å². The summed E-state index contributed by atoms with van der Waals surface area (Å²) >= 11 is 22.0. The van der Waals surface area contributed by atoms with Crippen molar-refractivity contribution in [2.75, 3.05) is 32.7 Å². The Morgan fingerprint density at radius 2 is 0.810 bits per heavy atom. The number of carboxylic acids is 1. The maximum atomic E-state index is 13.6. The molecule has 1 aliphatic heterocycles. The topological polar surface area (TPSA) is 421 Å². The first-order valence-corrected chi connectivity index (χ1v) is 38.5. The maximum absolute atomic E-state index is 13.6. The molecule has 0 radical (unpaired) electrons. The molecule has 6 fully saturated rings. The third-order valence-electron chi connectivity index (χ3n) is 19.9. The fourth-order valence-corrected chi connectivity index (χ4v) is 14.6. The number of hydrogen-bond acceptors (Lipinski definition) is 15. The number of carbonyl (C=O) groups excluding carboxylic acids is 9. The molecule has 0 bridgehead atoms. The molecule has 6 amide bonds. The summed E-state index contributed by atoms with van der Waals surface area (Å²) in [4.78, 5) is 122. The Labute approximate surface area is 649 Å². The molecule has 20 N–H and O–H groups in total. The van der Waals surface area contributed by atoms with E-state index in [2.05, 4.69) is 105 Å². The molecule has 23 nitrogen and oxygen atoms in total. The van der Waals surface area contributed by atoms with Gasteiger partial charge in [-0.1, -0.05) is 103 Å². The average Bonchev–Trinajstić information content (AvgIpc) is 1.40. The zero-order valence-corrected chi connectivity index (χ0v) is 67.2. The van der Waals surface area contributed by atoms with Gasteiger partial charge >= 0.3 is 5.97 Å². The van der Waals surface area contributed by atoms with Crippen LogP contribution in [0.1, 0.15) is 220 Å². The monoisotopic (exact) mass is 1810 g/mol. The second kappa shape index (κ2) is 39.2. The Morgan fingerprint density at radius 3 is 1.16 bits per heavy atom. The molecule has 3 aromatic rings. The van der Waals surface area contributed by atoms with Gasteiger partial charge in [0, 0.05) is 23.6 Å². The van der Waals surface area contributed by atoms with Crippen molar-refractivity contribution in [1.82, 2.24) is 10.6 Å². The third kappa shape index (κ3) is 24.7. The molecule has 6 saturated carbocycles. The Hall–Kier alpha value is -4.25. The second-order valence-electron chi connectivity index (χ2n) is 28.5. The first-order valence-electron chi connectivity index (χ1n) is 34.2. The maximum Gasteiger partial charge on any atom is 0.323 e. The summed E-state index contributed by atoms with van der Waals surface area (Å²) in [6.45, 7) is 5.85. The van der Waals surface area contributed by atoms with Gasteiger partial charge in [0.25, 0.3) is 5.24 Å². The van der Waals surface area contributed by atoms with Crippen molar-refractivity contribution in [2.24, 2.45) is 28.0 Å². The van der Waals surface area contributed by atoms with Crippen LogP contribution in [0.2, 0.25) is 0 Å². The molecule has 556 valence electrons. The molecule has 100 heavy (non-hydrogen) atoms. The van der Waals surface area contributed by atoms with E-state index in [0.717, 1.165) is 133 Å². The number of hydrogen-bond donors (Lipinski definition) is 13. The number of nitrogens with one attached hydrogen (secondary N) is 6. The summed E-state index contributed by atoms with van der Waals surface area (Å²) in [5.41, 5.74) is 28.6. The predicted octanol–water partition coefficient (Wildman–Crippen LogP) is 8.77. The number of halogens is 7. The minimum absolute atomic E-state index is 0. The van der Waals surface area contributed by atoms with E-state index in [9.17, 15) is 47.9 Å². The number of fused-ring (bicyclic) bond motifs is 1. The molecule has 7 aliphatic rings. The van der Waals surface area contributed by atoms with E-state index in [1.54, 1.807) is 26.0 Å². The van der Waals surface area contributed by atoms with Gasteiger partial charge in [-0.15, -0.1) is 0 Å². The van der Waals surface area contributed by atoms with E-state index >= 15 is 0 Å². The molecule has 0 unspecified atom stereocenters. The first-order chi connectivity index (χ1) is 46.3. The Bertz CT molecular complexity index is 3330. The van der Waals surface area contributed by atoms with Gasteiger partial charge in [-0.3, -0.25) is 47.9 Å². The van der Waals surface area contributed by atoms with Crippen LogP contribution < -0.4 is 78.7 Å². The number of nitrogens with two attached hydrogens (primary N) is 5. The number of carbonyl (C=O) groups is 10. The van der Waals surface area contributed by atoms with E-state index in [1.165, 1.54) is 20.3 Å². The van der Waals surface area contributed by atoms with Crippen LogP contribution in [0.15, 0.2) is 54.6 Å². The Kier molecular flexibility index (Phi) is 34.6. The van der Waals surface area contributed by atoms with Crippen LogP contribution in [-0.4, -0.2) is 95.5 Å². The van der Waals surface area contributed by atoms with E-state index in [0.29, 0.717) is 98.3 Å². The fraction of sp³-hybridized carbons (Fsp3) is 0.600. The largest absolute Gasteiger partial charge is 1.00 e. The number of nitrogen functional groups attached to an aromatic ring is 2. The smallest absolute Gasteiger partial charge is 0.323 e. The highest BCUT2D eigenvalue weighted by Crippen LogP contribution is 2.38. The van der Waals surface area contributed by atoms with Gasteiger partial charge in [-0.05, 0) is 262 Å². The van der Waals surface area contributed by atoms with Crippen LogP contribution in [0.3, 0.4) is 0 Å². The first kappa shape index (κ1) is 88.2. The van der Waals surface area contributed by atoms with Gasteiger partial charge in [0.2, 0.25) is 45.9 Å². The van der Waals surface area contributed by atoms with Crippen molar-refractivity contribution >= 4 is 194 Å². The normalized spacial score (nSPS) is 20.7. The SMILES string of the molecule is CC(C)(C(=O)Cl)C(=O)Cl.CC1(C)C(=O)NC2(CCCCC2)C(=O)Nc2ccc(I)cc2NC(=O)C2(CCCCC2)NC1=O.NC1(C(=O)Nc2ccc(I)cc2NC(=O)C2(N)CCCCC2)CCCCC1.NC1(C(=O)O)CCCCC1.Nc1ccc(I)cc1N.[Cl-].[NH3+]C1(C(=O)Cl)CCCCC1. The van der Waals surface area contributed by atoms with Gasteiger partial charge in [0.1, 0.15) is 27.4 Å². The summed E-state index contributed by atoms with van der Waals surface area (Å²) < 4.78 is 2.98. The highest BCUT2D eigenvalue weighted by atomic mass is 127. The molecular weight excluding hydrogens is 1710 g/mol. The molecule has 3 aromatic carbocycles. The van der Waals surface area contributed by atoms with Gasteiger partial charge in [0.05, 0.1) is 45.2 Å². The molecule has 10 rings (SSSR count). The van der Waals surface area contributed by atoms with Crippen LogP contribution in [0.5, 0.6) is 0 Å². The lowest BCUT2D eigenvalue weighted by Crippen LogP contribution is -3.00. The quantitative estimate of drug-likeness (QED) is 0.0433. The molecule has 6 aliphatic carbocycles. The standard InChI is InChI=1S/C25H33IN4O4.C20H29IN4O2.C7H12ClNO.C7H13NO2.C6H7IN2.C5H6Cl2O2.ClH/c1-23(2)19(31)29-24(11-5-3-6-12-24)21(33)27-17-10-9-16(26)15-18(17)28-22(34)25(30-20(23)32)13-7-4-8-14-25;21-14-7-8-15(24-17(26)19(22)9-3-1-4-10-19)16(13-14)25-18(27)20(23)11-5-2-6-12-20;8-6(10)7(9)4-2-1-3-5-7;8-7(6(9)10)4-2-1-3-5-7;7-4-1-2-5(8)6(9)3-4;1-5(2,3(6)8)4(7)9;/h9-10,15H,3-8,11-14H2,1-2H3,(H,27,33)(H,28,34)(H,29,31)(H,30,32);7-8,13H,1-6,9-12,22-23H2,(H,24,26)(H,25,27);1-5,9H2;1-5,8H2,(H,9,10);1-3H,8-9H2;1-2H3;1H. The lowest BCUT2D eigenvalue weighted by Gasteiger charge is -2.40. The second-order valence-corrected chi connectivity index (χ2v) is 33.3. The van der Waals surface area contributed by atoms with E-state index in [1.807, 2.05) is 42.5 Å². The zero-order valence-electron chi connectivity index (χ0n) is 57.7. The van der Waals surface area contributed by atoms with Crippen LogP contribution in [0.4, 0.5) is 34.1 Å². The van der Waals surface area contributed by atoms with Crippen LogP contribution in [-0.2, 0) is 47.9 Å². The van der Waals surface area contributed by atoms with Crippen molar-refractivity contribution in [2.45, 2.75) is 254 Å². The highest BCUT2D eigenvalue weighted by Gasteiger charge is 2.50. The predicted molar refractivity (Wildman–Crippen MR) is 415 cm³/mol. The molecule has 2 spiro atoms. The summed E-state index contributed by atoms with van der Waals surface area (Å²) in [6.07, 6.45) is 25.6. The Balaban J connectivity index is 0.000000282. The zero-order chi connectivity index (χ0) is 73.8. The number of anilines is 6. The summed E-state index contributed by atoms with van der Waals surface area (Å²) in [5.74, 6) is -2.85. The number of amides is 6. The number of benzene rings is 3. The van der Waals surface area contributed by atoms with Crippen molar-refractivity contribution in [3.05, 3.63) is 65.3 Å². The molecule has 0 aromatic heterocycles. The van der Waals surface area contributed by atoms with Crippen molar-refractivity contribution in [3.63, 3.8) is 0 Å². The van der Waals surface area contributed by atoms with Gasteiger partial charge in [-0.2, -0.15) is 0 Å². The highest BCUT2D eigenvalue weighted by molar-refractivity contribution is 14.1. The number of quaternary nitrogens is 1.